The lowest BCUT2D eigenvalue weighted by Gasteiger charge is -2.23. The summed E-state index contributed by atoms with van der Waals surface area (Å²) in [5.41, 5.74) is -1.38. The van der Waals surface area contributed by atoms with Crippen LogP contribution in [0.5, 0.6) is 11.5 Å². The van der Waals surface area contributed by atoms with E-state index < -0.39 is 28.6 Å². The molecule has 0 radical (unpaired) electrons. The fraction of sp³-hybridized carbons (Fsp3) is 0.192. The molecule has 2 aliphatic rings. The van der Waals surface area contributed by atoms with Crippen LogP contribution in [0.2, 0.25) is 0 Å². The van der Waals surface area contributed by atoms with E-state index in [0.29, 0.717) is 28.3 Å². The van der Waals surface area contributed by atoms with Crippen LogP contribution in [0.3, 0.4) is 0 Å². The number of hydrogen-bond acceptors (Lipinski definition) is 5. The maximum absolute atomic E-state index is 13.8. The molecule has 3 aromatic rings. The number of carbonyl (C=O) groups is 3. The van der Waals surface area contributed by atoms with Gasteiger partial charge in [0.25, 0.3) is 0 Å². The van der Waals surface area contributed by atoms with E-state index >= 15 is 0 Å². The average Bonchev–Trinajstić information content (AvgIpc) is 3.43. The number of halogens is 1. The second-order valence-electron chi connectivity index (χ2n) is 8.39. The minimum Gasteiger partial charge on any atom is -0.497 e. The number of benzene rings is 3. The highest BCUT2D eigenvalue weighted by Crippen LogP contribution is 2.78. The van der Waals surface area contributed by atoms with E-state index in [1.807, 2.05) is 12.1 Å². The lowest BCUT2D eigenvalue weighted by Crippen LogP contribution is -2.42. The number of rotatable bonds is 5. The van der Waals surface area contributed by atoms with Crippen LogP contribution < -0.4 is 14.8 Å². The zero-order valence-corrected chi connectivity index (χ0v) is 19.5. The summed E-state index contributed by atoms with van der Waals surface area (Å²) in [5, 5.41) is 2.82. The molecule has 5 rings (SSSR count). The summed E-state index contributed by atoms with van der Waals surface area (Å²) in [4.78, 5) is 40.9. The van der Waals surface area contributed by atoms with E-state index in [1.54, 1.807) is 74.7 Å². The van der Waals surface area contributed by atoms with Gasteiger partial charge in [-0.05, 0) is 49.4 Å². The fourth-order valence-electron chi connectivity index (χ4n) is 5.06. The predicted molar refractivity (Wildman–Crippen MR) is 125 cm³/mol. The molecule has 6 nitrogen and oxygen atoms in total. The lowest BCUT2D eigenvalue weighted by molar-refractivity contribution is -0.147. The van der Waals surface area contributed by atoms with Crippen LogP contribution in [0.4, 0.5) is 5.69 Å². The molecule has 0 bridgehead atoms. The Hall–Kier alpha value is -3.45. The van der Waals surface area contributed by atoms with Gasteiger partial charge in [-0.3, -0.25) is 14.4 Å². The van der Waals surface area contributed by atoms with Gasteiger partial charge in [0.2, 0.25) is 5.91 Å². The molecule has 1 amide bonds. The molecule has 1 fully saturated rings. The number of fused-ring (bicyclic) bond motifs is 3. The standard InChI is InChI=1S/C26H20BrNO5/c1-25(22(29)15-7-9-16(27)10-8-15)21-19-5-3-4-6-20(19)33-24(31)26(21,25)23(30)28-17-11-13-18(32-2)14-12-17/h3-14,21H,1-2H3,(H,28,30)/t21-,25-,26+/m1/s1. The van der Waals surface area contributed by atoms with E-state index in [-0.39, 0.29) is 5.78 Å². The Kier molecular flexibility index (Phi) is 4.90. The SMILES string of the molecule is COc1ccc(NC(=O)[C@]23C(=O)Oc4ccccc4[C@@H]2[C@]3(C)C(=O)c2ccc(Br)cc2)cc1. The predicted octanol–water partition coefficient (Wildman–Crippen LogP) is 4.99. The molecular weight excluding hydrogens is 486 g/mol. The molecule has 1 N–H and O–H groups in total. The van der Waals surface area contributed by atoms with Gasteiger partial charge in [-0.1, -0.05) is 46.3 Å². The number of esters is 1. The summed E-state index contributed by atoms with van der Waals surface area (Å²) in [6, 6.07) is 20.7. The first-order chi connectivity index (χ1) is 15.8. The second-order valence-corrected chi connectivity index (χ2v) is 9.31. The van der Waals surface area contributed by atoms with Crippen molar-refractivity contribution in [3.8, 4) is 11.5 Å². The minimum atomic E-state index is -1.68. The summed E-state index contributed by atoms with van der Waals surface area (Å²) in [6.07, 6.45) is 0. The van der Waals surface area contributed by atoms with Crippen LogP contribution in [-0.4, -0.2) is 24.8 Å². The van der Waals surface area contributed by atoms with Crippen molar-refractivity contribution in [3.05, 3.63) is 88.4 Å². The van der Waals surface area contributed by atoms with Crippen molar-refractivity contribution in [3.63, 3.8) is 0 Å². The lowest BCUT2D eigenvalue weighted by atomic mass is 9.86. The van der Waals surface area contributed by atoms with Crippen LogP contribution in [0.15, 0.2) is 77.3 Å². The van der Waals surface area contributed by atoms with Gasteiger partial charge in [0, 0.05) is 27.2 Å². The third-order valence-electron chi connectivity index (χ3n) is 6.78. The van der Waals surface area contributed by atoms with E-state index in [9.17, 15) is 14.4 Å². The van der Waals surface area contributed by atoms with Crippen LogP contribution >= 0.6 is 15.9 Å². The summed E-state index contributed by atoms with van der Waals surface area (Å²) >= 11 is 3.38. The summed E-state index contributed by atoms with van der Waals surface area (Å²) in [7, 11) is 1.55. The Labute approximate surface area is 199 Å². The van der Waals surface area contributed by atoms with Crippen molar-refractivity contribution in [2.24, 2.45) is 10.8 Å². The Balaban J connectivity index is 1.60. The molecule has 0 unspecified atom stereocenters. The Morgan fingerprint density at radius 1 is 1.00 bits per heavy atom. The Morgan fingerprint density at radius 2 is 1.67 bits per heavy atom. The van der Waals surface area contributed by atoms with Crippen LogP contribution in [0.1, 0.15) is 28.8 Å². The molecular formula is C26H20BrNO5. The summed E-state index contributed by atoms with van der Waals surface area (Å²) < 4.78 is 11.6. The molecule has 0 saturated heterocycles. The molecule has 7 heteroatoms. The van der Waals surface area contributed by atoms with Gasteiger partial charge in [-0.2, -0.15) is 0 Å². The molecule has 33 heavy (non-hydrogen) atoms. The third kappa shape index (κ3) is 2.95. The van der Waals surface area contributed by atoms with E-state index in [1.165, 1.54) is 0 Å². The molecule has 3 aromatic carbocycles. The zero-order valence-electron chi connectivity index (χ0n) is 17.9. The minimum absolute atomic E-state index is 0.279. The van der Waals surface area contributed by atoms with Crippen molar-refractivity contribution in [1.82, 2.24) is 0 Å². The number of Topliss-reactive ketones (excluding diaryl/α,β-unsaturated/α-hetero) is 1. The maximum Gasteiger partial charge on any atom is 0.328 e. The van der Waals surface area contributed by atoms with Gasteiger partial charge in [-0.25, -0.2) is 0 Å². The molecule has 1 aliphatic heterocycles. The topological polar surface area (TPSA) is 81.7 Å². The highest BCUT2D eigenvalue weighted by atomic mass is 79.9. The molecule has 0 spiro atoms. The number of methoxy groups -OCH3 is 1. The second kappa shape index (κ2) is 7.56. The molecule has 3 atom stereocenters. The normalized spacial score (nSPS) is 24.7. The van der Waals surface area contributed by atoms with E-state index in [2.05, 4.69) is 21.2 Å². The number of para-hydroxylation sites is 1. The van der Waals surface area contributed by atoms with Crippen molar-refractivity contribution in [2.45, 2.75) is 12.8 Å². The molecule has 1 aliphatic carbocycles. The van der Waals surface area contributed by atoms with Crippen LogP contribution in [0.25, 0.3) is 0 Å². The highest BCUT2D eigenvalue weighted by Gasteiger charge is 2.88. The number of hydrogen-bond donors (Lipinski definition) is 1. The largest absolute Gasteiger partial charge is 0.497 e. The number of anilines is 1. The maximum atomic E-state index is 13.8. The van der Waals surface area contributed by atoms with Crippen molar-refractivity contribution >= 4 is 39.3 Å². The first-order valence-electron chi connectivity index (χ1n) is 10.4. The number of amides is 1. The molecule has 1 saturated carbocycles. The van der Waals surface area contributed by atoms with E-state index in [4.69, 9.17) is 9.47 Å². The van der Waals surface area contributed by atoms with Crippen LogP contribution in [0, 0.1) is 10.8 Å². The summed E-state index contributed by atoms with van der Waals surface area (Å²) in [6.45, 7) is 1.68. The van der Waals surface area contributed by atoms with Crippen LogP contribution in [-0.2, 0) is 9.59 Å². The van der Waals surface area contributed by atoms with Gasteiger partial charge in [0.05, 0.1) is 12.5 Å². The van der Waals surface area contributed by atoms with Crippen molar-refractivity contribution in [1.29, 1.82) is 0 Å². The first kappa shape index (κ1) is 21.4. The smallest absolute Gasteiger partial charge is 0.328 e. The quantitative estimate of drug-likeness (QED) is 0.228. The van der Waals surface area contributed by atoms with Gasteiger partial charge in [-0.15, -0.1) is 0 Å². The third-order valence-corrected chi connectivity index (χ3v) is 7.31. The van der Waals surface area contributed by atoms with Crippen molar-refractivity contribution < 1.29 is 23.9 Å². The first-order valence-corrected chi connectivity index (χ1v) is 11.2. The highest BCUT2D eigenvalue weighted by molar-refractivity contribution is 9.10. The molecule has 1 heterocycles. The Morgan fingerprint density at radius 3 is 2.33 bits per heavy atom. The number of ketones is 1. The fourth-order valence-corrected chi connectivity index (χ4v) is 5.32. The average molecular weight is 506 g/mol. The van der Waals surface area contributed by atoms with Crippen molar-refractivity contribution in [2.75, 3.05) is 12.4 Å². The van der Waals surface area contributed by atoms with Gasteiger partial charge in [0.1, 0.15) is 11.5 Å². The monoisotopic (exact) mass is 505 g/mol. The van der Waals surface area contributed by atoms with E-state index in [0.717, 1.165) is 4.47 Å². The van der Waals surface area contributed by atoms with Gasteiger partial charge < -0.3 is 14.8 Å². The zero-order chi connectivity index (χ0) is 23.4. The number of carbonyl (C=O) groups excluding carboxylic acids is 3. The van der Waals surface area contributed by atoms with Gasteiger partial charge in [0.15, 0.2) is 11.2 Å². The van der Waals surface area contributed by atoms with Gasteiger partial charge >= 0.3 is 5.97 Å². The Bertz CT molecular complexity index is 1290. The molecule has 0 aromatic heterocycles. The number of nitrogens with one attached hydrogen (secondary N) is 1. The summed E-state index contributed by atoms with van der Waals surface area (Å²) in [5.74, 6) is -1.19. The molecule has 166 valence electrons. The number of ether oxygens (including phenoxy) is 2.